The van der Waals surface area contributed by atoms with E-state index in [9.17, 15) is 0 Å². The molecule has 1 N–H and O–H groups in total. The molecule has 1 aromatic heterocycles. The molecule has 2 rings (SSSR count). The predicted molar refractivity (Wildman–Crippen MR) is 54.2 cm³/mol. The Kier molecular flexibility index (Phi) is 1.98. The van der Waals surface area contributed by atoms with Gasteiger partial charge in [-0.1, -0.05) is 0 Å². The third-order valence-electron chi connectivity index (χ3n) is 1.82. The summed E-state index contributed by atoms with van der Waals surface area (Å²) in [5, 5.41) is 0. The highest BCUT2D eigenvalue weighted by Gasteiger charge is 2.08. The van der Waals surface area contributed by atoms with Crippen molar-refractivity contribution >= 4 is 29.0 Å². The average Bonchev–Trinajstić information content (AvgIpc) is 2.56. The maximum atomic E-state index is 6.90. The van der Waals surface area contributed by atoms with Crippen LogP contribution in [0.1, 0.15) is 0 Å². The van der Waals surface area contributed by atoms with Gasteiger partial charge in [0, 0.05) is 0 Å². The third kappa shape index (κ3) is 1.26. The summed E-state index contributed by atoms with van der Waals surface area (Å²) in [5.74, 6) is 0.515. The summed E-state index contributed by atoms with van der Waals surface area (Å²) < 4.78 is 10.3. The number of rotatable bonds is 1. The Morgan fingerprint density at radius 3 is 3.00 bits per heavy atom. The molecule has 0 aliphatic carbocycles. The topological polar surface area (TPSA) is 42.5 Å². The third-order valence-corrected chi connectivity index (χ3v) is 2.01. The second kappa shape index (κ2) is 3.16. The van der Waals surface area contributed by atoms with E-state index in [0.29, 0.717) is 22.5 Å². The van der Waals surface area contributed by atoms with E-state index in [1.54, 1.807) is 12.1 Å². The molecule has 0 fully saturated rings. The first kappa shape index (κ1) is 8.78. The fourth-order valence-electron chi connectivity index (χ4n) is 1.23. The first-order chi connectivity index (χ1) is 6.74. The lowest BCUT2D eigenvalue weighted by molar-refractivity contribution is 0.409. The zero-order valence-corrected chi connectivity index (χ0v) is 8.14. The van der Waals surface area contributed by atoms with Crippen LogP contribution >= 0.6 is 12.2 Å². The molecule has 1 aromatic carbocycles. The molecule has 0 spiro atoms. The van der Waals surface area contributed by atoms with Gasteiger partial charge in [-0.3, -0.25) is 0 Å². The van der Waals surface area contributed by atoms with Crippen LogP contribution in [0.25, 0.3) is 15.9 Å². The lowest BCUT2D eigenvalue weighted by Crippen LogP contribution is -1.82. The second-order valence-electron chi connectivity index (χ2n) is 2.65. The molecule has 0 atom stereocenters. The number of nitrogens with zero attached hydrogens (tertiary/aromatic N) is 1. The monoisotopic (exact) mass is 206 g/mol. The summed E-state index contributed by atoms with van der Waals surface area (Å²) in [6, 6.07) is 3.28. The number of aromatic nitrogens is 1. The second-order valence-corrected chi connectivity index (χ2v) is 3.02. The number of nitrogens with one attached hydrogen (secondary N) is 1. The van der Waals surface area contributed by atoms with E-state index in [4.69, 9.17) is 27.9 Å². The maximum Gasteiger partial charge on any atom is 0.266 e. The molecular formula is C9H6N2O2S. The van der Waals surface area contributed by atoms with Crippen LogP contribution < -0.4 is 4.74 Å². The fourth-order valence-corrected chi connectivity index (χ4v) is 1.42. The van der Waals surface area contributed by atoms with Gasteiger partial charge < -0.3 is 14.1 Å². The minimum atomic E-state index is 0.278. The molecule has 0 radical (unpaired) electrons. The van der Waals surface area contributed by atoms with Gasteiger partial charge in [-0.25, -0.2) is 4.85 Å². The van der Waals surface area contributed by atoms with Gasteiger partial charge in [0.25, 0.3) is 4.84 Å². The van der Waals surface area contributed by atoms with Crippen LogP contribution in [0.4, 0.5) is 5.69 Å². The number of methoxy groups -OCH3 is 1. The number of ether oxygens (including phenoxy) is 1. The maximum absolute atomic E-state index is 6.90. The molecule has 0 saturated carbocycles. The number of benzene rings is 1. The van der Waals surface area contributed by atoms with Gasteiger partial charge >= 0.3 is 0 Å². The fraction of sp³-hybridized carbons (Fsp3) is 0.111. The number of fused-ring (bicyclic) bond motifs is 1. The van der Waals surface area contributed by atoms with Crippen molar-refractivity contribution in [3.8, 4) is 5.75 Å². The number of hydrogen-bond acceptors (Lipinski definition) is 3. The zero-order valence-electron chi connectivity index (χ0n) is 7.33. The Hall–Kier alpha value is -1.80. The van der Waals surface area contributed by atoms with E-state index in [2.05, 4.69) is 9.83 Å². The molecule has 0 saturated heterocycles. The molecule has 2 aromatic rings. The molecule has 0 aliphatic heterocycles. The Labute approximate surface area is 84.9 Å². The van der Waals surface area contributed by atoms with Crippen molar-refractivity contribution in [2.75, 3.05) is 7.11 Å². The standard InChI is InChI=1S/C9H6N2O2S/c1-10-5-3-6-8(7(4-5)12-2)13-9(14)11-6/h3-4H,2H3,(H,11,14). The highest BCUT2D eigenvalue weighted by molar-refractivity contribution is 7.71. The van der Waals surface area contributed by atoms with E-state index in [0.717, 1.165) is 0 Å². The number of oxazole rings is 1. The quantitative estimate of drug-likeness (QED) is 0.576. The SMILES string of the molecule is [C-]#[N+]c1cc(OC)c2oc(=S)[nH]c2c1. The van der Waals surface area contributed by atoms with E-state index in [1.807, 2.05) is 0 Å². The molecule has 0 amide bonds. The van der Waals surface area contributed by atoms with E-state index in [-0.39, 0.29) is 4.84 Å². The van der Waals surface area contributed by atoms with Gasteiger partial charge in [0.05, 0.1) is 19.2 Å². The Bertz CT molecular complexity index is 576. The van der Waals surface area contributed by atoms with Gasteiger partial charge in [-0.15, -0.1) is 0 Å². The van der Waals surface area contributed by atoms with Crippen LogP contribution in [0.15, 0.2) is 16.5 Å². The van der Waals surface area contributed by atoms with Crippen molar-refractivity contribution in [1.82, 2.24) is 4.98 Å². The van der Waals surface area contributed by atoms with Gasteiger partial charge in [-0.2, -0.15) is 0 Å². The van der Waals surface area contributed by atoms with E-state index >= 15 is 0 Å². The molecule has 0 aliphatic rings. The molecule has 1 heterocycles. The van der Waals surface area contributed by atoms with Crippen LogP contribution in [0, 0.1) is 11.4 Å². The van der Waals surface area contributed by atoms with Crippen molar-refractivity contribution in [3.05, 3.63) is 28.4 Å². The number of H-pyrrole nitrogens is 1. The molecule has 5 heteroatoms. The summed E-state index contributed by atoms with van der Waals surface area (Å²) in [6.45, 7) is 6.90. The molecule has 4 nitrogen and oxygen atoms in total. The summed E-state index contributed by atoms with van der Waals surface area (Å²) >= 11 is 4.84. The molecule has 70 valence electrons. The van der Waals surface area contributed by atoms with E-state index in [1.165, 1.54) is 7.11 Å². The van der Waals surface area contributed by atoms with Crippen molar-refractivity contribution in [1.29, 1.82) is 0 Å². The molecule has 14 heavy (non-hydrogen) atoms. The first-order valence-corrected chi connectivity index (χ1v) is 4.23. The molecular weight excluding hydrogens is 200 g/mol. The highest BCUT2D eigenvalue weighted by atomic mass is 32.1. The Balaban J connectivity index is 2.87. The van der Waals surface area contributed by atoms with Crippen LogP contribution in [0.5, 0.6) is 5.75 Å². The molecule has 0 unspecified atom stereocenters. The van der Waals surface area contributed by atoms with Crippen molar-refractivity contribution in [2.24, 2.45) is 0 Å². The highest BCUT2D eigenvalue weighted by Crippen LogP contribution is 2.30. The number of aromatic amines is 1. The normalized spacial score (nSPS) is 10.0. The summed E-state index contributed by atoms with van der Waals surface area (Å²) in [6.07, 6.45) is 0. The average molecular weight is 206 g/mol. The van der Waals surface area contributed by atoms with Gasteiger partial charge in [-0.05, 0) is 24.4 Å². The Morgan fingerprint density at radius 1 is 1.57 bits per heavy atom. The van der Waals surface area contributed by atoms with Crippen molar-refractivity contribution in [2.45, 2.75) is 0 Å². The van der Waals surface area contributed by atoms with E-state index < -0.39 is 0 Å². The minimum absolute atomic E-state index is 0.278. The van der Waals surface area contributed by atoms with Crippen LogP contribution in [0.3, 0.4) is 0 Å². The van der Waals surface area contributed by atoms with Gasteiger partial charge in [0.2, 0.25) is 0 Å². The summed E-state index contributed by atoms with van der Waals surface area (Å²) in [4.78, 5) is 6.42. The zero-order chi connectivity index (χ0) is 10.1. The van der Waals surface area contributed by atoms with Crippen molar-refractivity contribution in [3.63, 3.8) is 0 Å². The van der Waals surface area contributed by atoms with Crippen LogP contribution in [0.2, 0.25) is 0 Å². The van der Waals surface area contributed by atoms with Crippen LogP contribution in [-0.2, 0) is 0 Å². The molecule has 0 bridgehead atoms. The number of hydrogen-bond donors (Lipinski definition) is 1. The van der Waals surface area contributed by atoms with Crippen LogP contribution in [-0.4, -0.2) is 12.1 Å². The first-order valence-electron chi connectivity index (χ1n) is 3.83. The minimum Gasteiger partial charge on any atom is -0.494 e. The van der Waals surface area contributed by atoms with Gasteiger partial charge in [0.15, 0.2) is 17.0 Å². The Morgan fingerprint density at radius 2 is 2.36 bits per heavy atom. The smallest absolute Gasteiger partial charge is 0.266 e. The van der Waals surface area contributed by atoms with Crippen molar-refractivity contribution < 1.29 is 9.15 Å². The summed E-state index contributed by atoms with van der Waals surface area (Å²) in [7, 11) is 1.52. The van der Waals surface area contributed by atoms with Gasteiger partial charge in [0.1, 0.15) is 0 Å². The summed E-state index contributed by atoms with van der Waals surface area (Å²) in [5.41, 5.74) is 1.71. The lowest BCUT2D eigenvalue weighted by Gasteiger charge is -1.99. The predicted octanol–water partition coefficient (Wildman–Crippen LogP) is 3.05. The lowest BCUT2D eigenvalue weighted by atomic mass is 10.2. The largest absolute Gasteiger partial charge is 0.494 e.